The lowest BCUT2D eigenvalue weighted by atomic mass is 10.0. The van der Waals surface area contributed by atoms with Crippen molar-refractivity contribution >= 4 is 32.6 Å². The van der Waals surface area contributed by atoms with Crippen molar-refractivity contribution in [2.45, 2.75) is 0 Å². The first-order valence-corrected chi connectivity index (χ1v) is 8.29. The van der Waals surface area contributed by atoms with Crippen molar-refractivity contribution in [1.29, 1.82) is 0 Å². The lowest BCUT2D eigenvalue weighted by Crippen LogP contribution is -1.98. The van der Waals surface area contributed by atoms with Crippen molar-refractivity contribution in [3.05, 3.63) is 72.8 Å². The molecule has 25 heavy (non-hydrogen) atoms. The third-order valence-electron chi connectivity index (χ3n) is 4.84. The molecule has 0 unspecified atom stereocenters. The van der Waals surface area contributed by atoms with Gasteiger partial charge in [-0.15, -0.1) is 0 Å². The molecule has 1 aliphatic rings. The molecule has 1 aliphatic heterocycles. The first kappa shape index (κ1) is 12.9. The minimum atomic E-state index is 0.738. The summed E-state index contributed by atoms with van der Waals surface area (Å²) in [6.45, 7) is 0. The van der Waals surface area contributed by atoms with Crippen molar-refractivity contribution in [1.82, 2.24) is 4.98 Å². The fraction of sp³-hybridized carbons (Fsp3) is 0. The number of hydrogen-bond donors (Lipinski definition) is 1. The summed E-state index contributed by atoms with van der Waals surface area (Å²) >= 11 is 0. The van der Waals surface area contributed by atoms with E-state index in [9.17, 15) is 0 Å². The van der Waals surface area contributed by atoms with E-state index < -0.39 is 0 Å². The normalized spacial score (nSPS) is 12.6. The third kappa shape index (κ3) is 1.75. The van der Waals surface area contributed by atoms with Gasteiger partial charge in [0.15, 0.2) is 23.0 Å². The Bertz CT molecular complexity index is 1300. The van der Waals surface area contributed by atoms with Crippen molar-refractivity contribution in [3.8, 4) is 23.0 Å². The minimum absolute atomic E-state index is 0.738. The summed E-state index contributed by atoms with van der Waals surface area (Å²) in [6.07, 6.45) is 0. The van der Waals surface area contributed by atoms with Crippen LogP contribution in [0.25, 0.3) is 32.6 Å². The van der Waals surface area contributed by atoms with Crippen LogP contribution in [0.15, 0.2) is 72.8 Å². The van der Waals surface area contributed by atoms with Crippen molar-refractivity contribution in [3.63, 3.8) is 0 Å². The molecule has 1 N–H and O–H groups in total. The molecule has 3 nitrogen and oxygen atoms in total. The highest BCUT2D eigenvalue weighted by atomic mass is 16.6. The molecule has 0 aliphatic carbocycles. The molecule has 0 bridgehead atoms. The SMILES string of the molecule is c1ccc2c(c1)Oc1cc3[nH]c4ccc5ccccc5c4c3cc1O2. The lowest BCUT2D eigenvalue weighted by molar-refractivity contribution is 0.360. The Kier molecular flexibility index (Phi) is 2.35. The summed E-state index contributed by atoms with van der Waals surface area (Å²) in [4.78, 5) is 3.51. The van der Waals surface area contributed by atoms with E-state index >= 15 is 0 Å². The van der Waals surface area contributed by atoms with Crippen LogP contribution in [0, 0.1) is 0 Å². The number of ether oxygens (including phenoxy) is 2. The molecular formula is C22H13NO2. The number of H-pyrrole nitrogens is 1. The van der Waals surface area contributed by atoms with Gasteiger partial charge in [-0.2, -0.15) is 0 Å². The van der Waals surface area contributed by atoms with Crippen LogP contribution in [0.1, 0.15) is 0 Å². The summed E-state index contributed by atoms with van der Waals surface area (Å²) in [5.41, 5.74) is 2.17. The molecule has 1 aromatic heterocycles. The maximum absolute atomic E-state index is 6.08. The van der Waals surface area contributed by atoms with E-state index in [0.29, 0.717) is 0 Å². The summed E-state index contributed by atoms with van der Waals surface area (Å²) < 4.78 is 12.1. The van der Waals surface area contributed by atoms with Gasteiger partial charge in [-0.1, -0.05) is 42.5 Å². The molecule has 0 saturated carbocycles. The Morgan fingerprint density at radius 3 is 2.12 bits per heavy atom. The van der Waals surface area contributed by atoms with E-state index in [1.165, 1.54) is 16.2 Å². The number of nitrogens with one attached hydrogen (secondary N) is 1. The molecule has 2 heterocycles. The number of para-hydroxylation sites is 2. The zero-order valence-corrected chi connectivity index (χ0v) is 13.2. The summed E-state index contributed by atoms with van der Waals surface area (Å²) in [5.74, 6) is 2.98. The van der Waals surface area contributed by atoms with Crippen molar-refractivity contribution in [2.75, 3.05) is 0 Å². The molecule has 6 rings (SSSR count). The van der Waals surface area contributed by atoms with Gasteiger partial charge in [-0.25, -0.2) is 0 Å². The Morgan fingerprint density at radius 2 is 1.28 bits per heavy atom. The van der Waals surface area contributed by atoms with Gasteiger partial charge in [0.25, 0.3) is 0 Å². The van der Waals surface area contributed by atoms with E-state index in [4.69, 9.17) is 9.47 Å². The molecule has 118 valence electrons. The predicted molar refractivity (Wildman–Crippen MR) is 99.9 cm³/mol. The Morgan fingerprint density at radius 1 is 0.560 bits per heavy atom. The second kappa shape index (κ2) is 4.54. The predicted octanol–water partition coefficient (Wildman–Crippen LogP) is 6.37. The van der Waals surface area contributed by atoms with Crippen LogP contribution in [0.5, 0.6) is 23.0 Å². The van der Waals surface area contributed by atoms with E-state index in [1.807, 2.05) is 30.3 Å². The van der Waals surface area contributed by atoms with Gasteiger partial charge in [-0.05, 0) is 35.0 Å². The van der Waals surface area contributed by atoms with Crippen LogP contribution in [0.3, 0.4) is 0 Å². The standard InChI is InChI=1S/C22H13NO2/c1-2-6-14-13(5-1)9-10-16-22(14)15-11-20-21(12-17(15)23-16)25-19-8-4-3-7-18(19)24-20/h1-12,23H. The van der Waals surface area contributed by atoms with Crippen LogP contribution in [-0.4, -0.2) is 4.98 Å². The number of rotatable bonds is 0. The fourth-order valence-electron chi connectivity index (χ4n) is 3.70. The molecule has 0 radical (unpaired) electrons. The maximum atomic E-state index is 6.08. The van der Waals surface area contributed by atoms with E-state index in [2.05, 4.69) is 47.4 Å². The number of aromatic nitrogens is 1. The van der Waals surface area contributed by atoms with Gasteiger partial charge < -0.3 is 14.5 Å². The lowest BCUT2D eigenvalue weighted by Gasteiger charge is -2.20. The average molecular weight is 323 g/mol. The largest absolute Gasteiger partial charge is 0.449 e. The Balaban J connectivity index is 1.68. The van der Waals surface area contributed by atoms with Gasteiger partial charge in [0.2, 0.25) is 0 Å². The zero-order valence-electron chi connectivity index (χ0n) is 13.2. The highest BCUT2D eigenvalue weighted by Gasteiger charge is 2.20. The second-order valence-electron chi connectivity index (χ2n) is 6.33. The molecule has 4 aromatic carbocycles. The van der Waals surface area contributed by atoms with Gasteiger partial charge >= 0.3 is 0 Å². The molecule has 0 atom stereocenters. The maximum Gasteiger partial charge on any atom is 0.172 e. The fourth-order valence-corrected chi connectivity index (χ4v) is 3.70. The van der Waals surface area contributed by atoms with E-state index in [1.54, 1.807) is 0 Å². The van der Waals surface area contributed by atoms with Crippen molar-refractivity contribution in [2.24, 2.45) is 0 Å². The van der Waals surface area contributed by atoms with E-state index in [0.717, 1.165) is 39.4 Å². The van der Waals surface area contributed by atoms with Crippen LogP contribution in [0.2, 0.25) is 0 Å². The highest BCUT2D eigenvalue weighted by molar-refractivity contribution is 6.20. The van der Waals surface area contributed by atoms with E-state index in [-0.39, 0.29) is 0 Å². The van der Waals surface area contributed by atoms with Gasteiger partial charge in [0, 0.05) is 22.4 Å². The number of hydrogen-bond acceptors (Lipinski definition) is 2. The van der Waals surface area contributed by atoms with Crippen LogP contribution in [-0.2, 0) is 0 Å². The topological polar surface area (TPSA) is 34.2 Å². The van der Waals surface area contributed by atoms with Gasteiger partial charge in [0.1, 0.15) is 0 Å². The highest BCUT2D eigenvalue weighted by Crippen LogP contribution is 2.47. The number of benzene rings is 4. The van der Waals surface area contributed by atoms with Crippen molar-refractivity contribution < 1.29 is 9.47 Å². The quantitative estimate of drug-likeness (QED) is 0.352. The Labute approximate surface area is 143 Å². The van der Waals surface area contributed by atoms with Crippen LogP contribution < -0.4 is 9.47 Å². The smallest absolute Gasteiger partial charge is 0.172 e. The first-order valence-electron chi connectivity index (χ1n) is 8.29. The molecular weight excluding hydrogens is 310 g/mol. The summed E-state index contributed by atoms with van der Waals surface area (Å²) in [5, 5.41) is 4.84. The molecule has 0 saturated heterocycles. The summed E-state index contributed by atoms with van der Waals surface area (Å²) in [7, 11) is 0. The van der Waals surface area contributed by atoms with Crippen LogP contribution in [0.4, 0.5) is 0 Å². The van der Waals surface area contributed by atoms with Gasteiger partial charge in [0.05, 0.1) is 5.52 Å². The number of aromatic amines is 1. The van der Waals surface area contributed by atoms with Crippen LogP contribution >= 0.6 is 0 Å². The molecule has 0 spiro atoms. The molecule has 3 heteroatoms. The monoisotopic (exact) mass is 323 g/mol. The molecule has 0 amide bonds. The number of fused-ring (bicyclic) bond motifs is 7. The minimum Gasteiger partial charge on any atom is -0.449 e. The van der Waals surface area contributed by atoms with Gasteiger partial charge in [-0.3, -0.25) is 0 Å². The third-order valence-corrected chi connectivity index (χ3v) is 4.84. The molecule has 0 fully saturated rings. The molecule has 5 aromatic rings. The second-order valence-corrected chi connectivity index (χ2v) is 6.33. The summed E-state index contributed by atoms with van der Waals surface area (Å²) in [6, 6.07) is 24.6. The average Bonchev–Trinajstić information content (AvgIpc) is 3.02. The first-order chi connectivity index (χ1) is 12.4. The Hall–Kier alpha value is -3.46. The zero-order chi connectivity index (χ0) is 16.4.